The number of hydrogen-bond acceptors (Lipinski definition) is 2. The van der Waals surface area contributed by atoms with Gasteiger partial charge in [-0.05, 0) is 114 Å². The molecule has 0 fully saturated rings. The van der Waals surface area contributed by atoms with Crippen LogP contribution in [0.15, 0.2) is 187 Å². The fourth-order valence-electron chi connectivity index (χ4n) is 9.87. The summed E-state index contributed by atoms with van der Waals surface area (Å²) in [4.78, 5) is 5.59. The van der Waals surface area contributed by atoms with Crippen molar-refractivity contribution in [2.45, 2.75) is 59.2 Å². The van der Waals surface area contributed by atoms with Crippen LogP contribution in [0.25, 0.3) is 105 Å². The molecule has 69 heavy (non-hydrogen) atoms. The molecule has 4 heterocycles. The molecule has 11 aromatic rings. The van der Waals surface area contributed by atoms with Crippen LogP contribution in [0.5, 0.6) is 0 Å². The number of aryl methyl sites for hydroxylation is 1. The van der Waals surface area contributed by atoms with E-state index in [2.05, 4.69) is 207 Å². The van der Waals surface area contributed by atoms with Gasteiger partial charge in [0.25, 0.3) is 0 Å². The van der Waals surface area contributed by atoms with E-state index in [1.54, 1.807) is 12.1 Å². The van der Waals surface area contributed by atoms with Crippen LogP contribution in [-0.2, 0) is 31.9 Å². The van der Waals surface area contributed by atoms with Gasteiger partial charge in [0, 0.05) is 53.6 Å². The molecule has 6 heteroatoms. The van der Waals surface area contributed by atoms with Crippen molar-refractivity contribution in [2.75, 3.05) is 0 Å². The molecule has 10 bridgehead atoms. The first-order valence-electron chi connectivity index (χ1n) is 24.8. The Labute approximate surface area is 420 Å². The number of hydrogen-bond donors (Lipinski definition) is 0. The topological polar surface area (TPSA) is 40.3 Å². The number of benzene rings is 8. The van der Waals surface area contributed by atoms with Gasteiger partial charge >= 0.3 is 0 Å². The van der Waals surface area contributed by atoms with Crippen molar-refractivity contribution in [1.82, 2.24) is 18.5 Å². The maximum Gasteiger partial charge on any atom is 0.136 e. The summed E-state index contributed by atoms with van der Waals surface area (Å²) in [6.45, 7) is 11.2. The van der Waals surface area contributed by atoms with Crippen molar-refractivity contribution >= 4 is 82.1 Å². The van der Waals surface area contributed by atoms with E-state index in [-0.39, 0.29) is 37.5 Å². The number of pyridine rings is 1. The molecule has 0 atom stereocenters. The van der Waals surface area contributed by atoms with Crippen LogP contribution in [0.1, 0.15) is 62.3 Å². The number of rotatable bonds is 1. The summed E-state index contributed by atoms with van der Waals surface area (Å²) in [7, 11) is 0. The van der Waals surface area contributed by atoms with Crippen molar-refractivity contribution < 1.29 is 29.6 Å². The number of aromatic nitrogens is 4. The summed E-state index contributed by atoms with van der Waals surface area (Å²) in [5.41, 5.74) is 12.2. The minimum Gasteiger partial charge on any atom is -0.510 e. The molecule has 1 aliphatic rings. The van der Waals surface area contributed by atoms with Gasteiger partial charge in [0.1, 0.15) is 5.65 Å². The largest absolute Gasteiger partial charge is 0.510 e. The molecule has 8 aromatic carbocycles. The number of fused-ring (bicyclic) bond motifs is 23. The van der Waals surface area contributed by atoms with Gasteiger partial charge in [0.2, 0.25) is 0 Å². The molecule has 1 aliphatic heterocycles. The van der Waals surface area contributed by atoms with Crippen LogP contribution in [-0.4, -0.2) is 18.5 Å². The summed E-state index contributed by atoms with van der Waals surface area (Å²) in [6, 6.07) is 68.4. The molecule has 0 saturated heterocycles. The minimum atomic E-state index is -2.29. The van der Waals surface area contributed by atoms with E-state index in [0.29, 0.717) is 22.3 Å². The van der Waals surface area contributed by atoms with Crippen LogP contribution >= 0.6 is 0 Å². The van der Waals surface area contributed by atoms with Gasteiger partial charge in [0.15, 0.2) is 0 Å². The van der Waals surface area contributed by atoms with Crippen molar-refractivity contribution in [3.63, 3.8) is 0 Å². The Morgan fingerprint density at radius 1 is 0.551 bits per heavy atom. The number of para-hydroxylation sites is 3. The van der Waals surface area contributed by atoms with E-state index in [4.69, 9.17) is 13.5 Å². The zero-order valence-corrected chi connectivity index (χ0v) is 41.6. The monoisotopic (exact) mass is 1080 g/mol. The second-order valence-electron chi connectivity index (χ2n) is 20.0. The SMILES string of the molecule is [2H]C([2H])([2H])c1ccc2c(c1)c1ccc3[c-]c1n2c1cc(C(C)(C)C)cc(n1)c1cc(C(C)(C)C)cc(c1)c1ccccc1c1cccc(-c2ccccc2)c1n1[cH-]n(c2[c-]c(ccc2)o3)-c2ccccc2-1.[Pt]. The minimum absolute atomic E-state index is 0. The molecule has 0 aliphatic carbocycles. The van der Waals surface area contributed by atoms with E-state index in [0.717, 1.165) is 87.8 Å². The Hall–Kier alpha value is -7.33. The predicted molar refractivity (Wildman–Crippen MR) is 285 cm³/mol. The Morgan fingerprint density at radius 3 is 2.01 bits per heavy atom. The molecule has 0 saturated carbocycles. The van der Waals surface area contributed by atoms with Gasteiger partial charge in [-0.1, -0.05) is 168 Å². The van der Waals surface area contributed by atoms with E-state index >= 15 is 0 Å². The first-order chi connectivity index (χ1) is 34.1. The first kappa shape index (κ1) is 40.7. The summed E-state index contributed by atoms with van der Waals surface area (Å²) in [5.74, 6) is 0. The second kappa shape index (κ2) is 16.7. The summed E-state index contributed by atoms with van der Waals surface area (Å²) in [5, 5.41) is 6.98. The van der Waals surface area contributed by atoms with Crippen LogP contribution in [0.4, 0.5) is 0 Å². The van der Waals surface area contributed by atoms with Crippen molar-refractivity contribution in [3.8, 4) is 22.5 Å². The Balaban J connectivity index is 0.00000560. The third-order valence-electron chi connectivity index (χ3n) is 13.4. The summed E-state index contributed by atoms with van der Waals surface area (Å²) in [6.07, 6.45) is 2.17. The van der Waals surface area contributed by atoms with E-state index in [1.807, 2.05) is 30.3 Å². The summed E-state index contributed by atoms with van der Waals surface area (Å²) >= 11 is 0. The molecule has 0 unspecified atom stereocenters. The molecule has 5 nitrogen and oxygen atoms in total. The van der Waals surface area contributed by atoms with Gasteiger partial charge in [-0.2, -0.15) is 24.3 Å². The third kappa shape index (κ3) is 7.70. The fourth-order valence-corrected chi connectivity index (χ4v) is 9.87. The molecule has 3 aromatic heterocycles. The van der Waals surface area contributed by atoms with Crippen molar-refractivity contribution in [3.05, 3.63) is 211 Å². The van der Waals surface area contributed by atoms with Gasteiger partial charge in [-0.25, -0.2) is 4.98 Å². The van der Waals surface area contributed by atoms with E-state index < -0.39 is 6.85 Å². The van der Waals surface area contributed by atoms with Crippen LogP contribution in [0.3, 0.4) is 0 Å². The average molecular weight is 1080 g/mol. The third-order valence-corrected chi connectivity index (χ3v) is 13.4. The van der Waals surface area contributed by atoms with Gasteiger partial charge in [-0.3, -0.25) is 0 Å². The van der Waals surface area contributed by atoms with Crippen molar-refractivity contribution in [2.24, 2.45) is 0 Å². The molecule has 0 radical (unpaired) electrons. The van der Waals surface area contributed by atoms with E-state index in [1.165, 1.54) is 5.56 Å². The van der Waals surface area contributed by atoms with Crippen LogP contribution in [0.2, 0.25) is 0 Å². The Kier molecular flexibility index (Phi) is 9.86. The zero-order valence-electron chi connectivity index (χ0n) is 42.3. The number of nitrogens with zero attached hydrogens (tertiary/aromatic N) is 4. The Bertz CT molecular complexity index is 4250. The number of imidazole rings is 1. The molecular weight excluding hydrogens is 1020 g/mol. The van der Waals surface area contributed by atoms with Gasteiger partial charge < -0.3 is 18.0 Å². The maximum atomic E-state index is 8.35. The van der Waals surface area contributed by atoms with Crippen molar-refractivity contribution in [1.29, 1.82) is 0 Å². The standard InChI is InChI=1S/C63H51N4O.Pt/c1-40-27-30-56-54(31-40)52-29-28-48-38-59(52)67(56)60-36-45(63(5,6)7)35-55(64-60)43-32-42(33-44(34-43)62(2,3)4)49-21-11-12-22-51(49)53-24-16-23-50(41-17-9-8-10-18-41)61(53)66-39-65(57-25-13-14-26-58(57)66)46-19-15-20-47(37-46)68-48;/h8-36,39H,1-7H3;/q-3;/i1D3;. The quantitative estimate of drug-likeness (QED) is 0.154. The zero-order chi connectivity index (χ0) is 49.0. The Morgan fingerprint density at radius 2 is 1.23 bits per heavy atom. The smallest absolute Gasteiger partial charge is 0.136 e. The van der Waals surface area contributed by atoms with Crippen LogP contribution < -0.4 is 0 Å². The normalized spacial score (nSPS) is 13.0. The molecule has 0 amide bonds. The second-order valence-corrected chi connectivity index (χ2v) is 20.0. The molecule has 342 valence electrons. The summed E-state index contributed by atoms with van der Waals surface area (Å²) < 4.78 is 38.4. The first-order valence-corrected chi connectivity index (χ1v) is 23.3. The van der Waals surface area contributed by atoms with Crippen LogP contribution in [0, 0.1) is 19.0 Å². The molecule has 0 spiro atoms. The van der Waals surface area contributed by atoms with E-state index in [9.17, 15) is 0 Å². The molecule has 0 N–H and O–H groups in total. The molecular formula is C63H51N4OPt-3. The maximum absolute atomic E-state index is 8.35. The fraction of sp³-hybridized carbons (Fsp3) is 0.143. The predicted octanol–water partition coefficient (Wildman–Crippen LogP) is 16.7. The van der Waals surface area contributed by atoms with Gasteiger partial charge in [0.05, 0.1) is 5.52 Å². The average Bonchev–Trinajstić information content (AvgIpc) is 3.91. The van der Waals surface area contributed by atoms with Gasteiger partial charge in [-0.15, -0.1) is 29.1 Å². The molecule has 12 rings (SSSR count).